The van der Waals surface area contributed by atoms with E-state index >= 15 is 0 Å². The first kappa shape index (κ1) is 12.3. The topological polar surface area (TPSA) is 47.6 Å². The molecule has 1 aliphatic carbocycles. The minimum absolute atomic E-state index is 0.0273. The van der Waals surface area contributed by atoms with Gasteiger partial charge in [-0.1, -0.05) is 15.9 Å². The Balaban J connectivity index is 1.70. The first-order valence-electron chi connectivity index (χ1n) is 5.79. The second-order valence-corrected chi connectivity index (χ2v) is 5.38. The van der Waals surface area contributed by atoms with E-state index in [1.165, 1.54) is 12.8 Å². The van der Waals surface area contributed by atoms with Crippen molar-refractivity contribution in [2.45, 2.75) is 25.4 Å². The van der Waals surface area contributed by atoms with Crippen LogP contribution in [0, 0.1) is 5.41 Å². The molecule has 16 heavy (non-hydrogen) atoms. The van der Waals surface area contributed by atoms with Crippen molar-refractivity contribution in [3.63, 3.8) is 0 Å². The van der Waals surface area contributed by atoms with E-state index < -0.39 is 6.10 Å². The highest BCUT2D eigenvalue weighted by Crippen LogP contribution is 2.48. The van der Waals surface area contributed by atoms with E-state index in [2.05, 4.69) is 21.2 Å². The molecule has 2 aliphatic rings. The molecule has 1 N–H and O–H groups in total. The van der Waals surface area contributed by atoms with Crippen LogP contribution in [0.3, 0.4) is 0 Å². The minimum Gasteiger partial charge on any atom is -0.376 e. The fraction of sp³-hybridized carbons (Fsp3) is 0.909. The average Bonchev–Trinajstić information content (AvgIpc) is 3.08. The van der Waals surface area contributed by atoms with Gasteiger partial charge >= 0.3 is 0 Å². The van der Waals surface area contributed by atoms with Gasteiger partial charge in [0.05, 0.1) is 19.8 Å². The first-order valence-corrected chi connectivity index (χ1v) is 6.91. The molecule has 1 heterocycles. The molecule has 0 aromatic carbocycles. The average molecular weight is 292 g/mol. The maximum absolute atomic E-state index is 11.7. The highest BCUT2D eigenvalue weighted by Gasteiger charge is 2.42. The minimum atomic E-state index is -0.409. The number of hydrogen-bond donors (Lipinski definition) is 1. The molecule has 0 bridgehead atoms. The molecular formula is C11H18BrNO3. The van der Waals surface area contributed by atoms with Crippen LogP contribution in [0.4, 0.5) is 0 Å². The number of carbonyl (C=O) groups is 1. The molecule has 4 nitrogen and oxygen atoms in total. The number of rotatable bonds is 5. The molecule has 92 valence electrons. The van der Waals surface area contributed by atoms with Gasteiger partial charge in [0.2, 0.25) is 0 Å². The maximum atomic E-state index is 11.7. The van der Waals surface area contributed by atoms with E-state index in [0.717, 1.165) is 18.3 Å². The van der Waals surface area contributed by atoms with Crippen LogP contribution in [-0.2, 0) is 14.3 Å². The van der Waals surface area contributed by atoms with Gasteiger partial charge in [-0.3, -0.25) is 4.79 Å². The SMILES string of the molecule is O=C(NCC1(CCBr)CC1)C1COCCO1. The molecule has 0 aromatic heterocycles. The van der Waals surface area contributed by atoms with Gasteiger partial charge < -0.3 is 14.8 Å². The van der Waals surface area contributed by atoms with Crippen molar-refractivity contribution in [1.82, 2.24) is 5.32 Å². The highest BCUT2D eigenvalue weighted by atomic mass is 79.9. The third kappa shape index (κ3) is 3.18. The van der Waals surface area contributed by atoms with Gasteiger partial charge in [0, 0.05) is 11.9 Å². The summed E-state index contributed by atoms with van der Waals surface area (Å²) in [5, 5.41) is 3.98. The van der Waals surface area contributed by atoms with Crippen LogP contribution in [-0.4, -0.2) is 43.7 Å². The monoisotopic (exact) mass is 291 g/mol. The lowest BCUT2D eigenvalue weighted by Crippen LogP contribution is -2.44. The van der Waals surface area contributed by atoms with Gasteiger partial charge in [-0.2, -0.15) is 0 Å². The lowest BCUT2D eigenvalue weighted by molar-refractivity contribution is -0.147. The predicted octanol–water partition coefficient (Wildman–Crippen LogP) is 1.08. The zero-order chi connectivity index (χ0) is 11.4. The molecular weight excluding hydrogens is 274 g/mol. The van der Waals surface area contributed by atoms with E-state index in [9.17, 15) is 4.79 Å². The molecule has 1 saturated carbocycles. The molecule has 1 aliphatic heterocycles. The Bertz CT molecular complexity index is 250. The van der Waals surface area contributed by atoms with Crippen molar-refractivity contribution in [3.8, 4) is 0 Å². The van der Waals surface area contributed by atoms with Crippen molar-refractivity contribution in [2.75, 3.05) is 31.7 Å². The number of carbonyl (C=O) groups excluding carboxylic acids is 1. The van der Waals surface area contributed by atoms with Crippen molar-refractivity contribution < 1.29 is 14.3 Å². The summed E-state index contributed by atoms with van der Waals surface area (Å²) in [5.74, 6) is -0.0273. The van der Waals surface area contributed by atoms with Crippen LogP contribution < -0.4 is 5.32 Å². The lowest BCUT2D eigenvalue weighted by Gasteiger charge is -2.23. The quantitative estimate of drug-likeness (QED) is 0.771. The van der Waals surface area contributed by atoms with Crippen LogP contribution >= 0.6 is 15.9 Å². The molecule has 1 saturated heterocycles. The largest absolute Gasteiger partial charge is 0.376 e. The summed E-state index contributed by atoms with van der Waals surface area (Å²) < 4.78 is 10.5. The third-order valence-electron chi connectivity index (χ3n) is 3.33. The summed E-state index contributed by atoms with van der Waals surface area (Å²) in [6.07, 6.45) is 3.17. The molecule has 5 heteroatoms. The van der Waals surface area contributed by atoms with E-state index in [0.29, 0.717) is 25.2 Å². The predicted molar refractivity (Wildman–Crippen MR) is 63.6 cm³/mol. The van der Waals surface area contributed by atoms with Gasteiger partial charge in [-0.05, 0) is 24.7 Å². The third-order valence-corrected chi connectivity index (χ3v) is 3.72. The zero-order valence-electron chi connectivity index (χ0n) is 9.34. The molecule has 2 rings (SSSR count). The summed E-state index contributed by atoms with van der Waals surface area (Å²) >= 11 is 3.45. The van der Waals surface area contributed by atoms with Crippen LogP contribution in [0.5, 0.6) is 0 Å². The molecule has 0 spiro atoms. The van der Waals surface area contributed by atoms with Gasteiger partial charge in [0.1, 0.15) is 0 Å². The zero-order valence-corrected chi connectivity index (χ0v) is 10.9. The van der Waals surface area contributed by atoms with Crippen molar-refractivity contribution >= 4 is 21.8 Å². The van der Waals surface area contributed by atoms with Gasteiger partial charge in [0.15, 0.2) is 6.10 Å². The fourth-order valence-corrected chi connectivity index (χ4v) is 2.76. The van der Waals surface area contributed by atoms with Gasteiger partial charge in [-0.25, -0.2) is 0 Å². The maximum Gasteiger partial charge on any atom is 0.251 e. The van der Waals surface area contributed by atoms with Gasteiger partial charge in [-0.15, -0.1) is 0 Å². The number of halogens is 1. The van der Waals surface area contributed by atoms with E-state index in [1.54, 1.807) is 0 Å². The Morgan fingerprint density at radius 2 is 2.25 bits per heavy atom. The number of nitrogens with one attached hydrogen (secondary N) is 1. The molecule has 1 unspecified atom stereocenters. The van der Waals surface area contributed by atoms with Crippen LogP contribution in [0.1, 0.15) is 19.3 Å². The summed E-state index contributed by atoms with van der Waals surface area (Å²) in [6, 6.07) is 0. The Morgan fingerprint density at radius 1 is 1.44 bits per heavy atom. The molecule has 2 fully saturated rings. The van der Waals surface area contributed by atoms with E-state index in [4.69, 9.17) is 9.47 Å². The second-order valence-electron chi connectivity index (χ2n) is 4.59. The van der Waals surface area contributed by atoms with Crippen LogP contribution in [0.15, 0.2) is 0 Å². The van der Waals surface area contributed by atoms with Crippen molar-refractivity contribution in [2.24, 2.45) is 5.41 Å². The number of amides is 1. The molecule has 0 radical (unpaired) electrons. The Morgan fingerprint density at radius 3 is 2.81 bits per heavy atom. The first-order chi connectivity index (χ1) is 7.76. The summed E-state index contributed by atoms with van der Waals surface area (Å²) in [4.78, 5) is 11.7. The molecule has 1 atom stereocenters. The standard InChI is InChI=1S/C11H18BrNO3/c12-4-3-11(1-2-11)8-13-10(14)9-7-15-5-6-16-9/h9H,1-8H2,(H,13,14). The van der Waals surface area contributed by atoms with Crippen LogP contribution in [0.2, 0.25) is 0 Å². The normalized spacial score (nSPS) is 27.4. The summed E-state index contributed by atoms with van der Waals surface area (Å²) in [6.45, 7) is 2.27. The number of ether oxygens (including phenoxy) is 2. The van der Waals surface area contributed by atoms with E-state index in [-0.39, 0.29) is 5.91 Å². The number of hydrogen-bond acceptors (Lipinski definition) is 3. The molecule has 1 amide bonds. The van der Waals surface area contributed by atoms with Crippen molar-refractivity contribution in [3.05, 3.63) is 0 Å². The molecule has 0 aromatic rings. The van der Waals surface area contributed by atoms with Crippen LogP contribution in [0.25, 0.3) is 0 Å². The van der Waals surface area contributed by atoms with E-state index in [1.807, 2.05) is 0 Å². The Kier molecular flexibility index (Phi) is 4.21. The van der Waals surface area contributed by atoms with Crippen molar-refractivity contribution in [1.29, 1.82) is 0 Å². The number of alkyl halides is 1. The second kappa shape index (κ2) is 5.47. The summed E-state index contributed by atoms with van der Waals surface area (Å²) in [7, 11) is 0. The fourth-order valence-electron chi connectivity index (χ4n) is 1.92. The Hall–Kier alpha value is -0.130. The summed E-state index contributed by atoms with van der Waals surface area (Å²) in [5.41, 5.74) is 0.356. The Labute approximate surface area is 104 Å². The van der Waals surface area contributed by atoms with Gasteiger partial charge in [0.25, 0.3) is 5.91 Å². The lowest BCUT2D eigenvalue weighted by atomic mass is 10.0. The highest BCUT2D eigenvalue weighted by molar-refractivity contribution is 9.09. The smallest absolute Gasteiger partial charge is 0.251 e.